The van der Waals surface area contributed by atoms with Crippen LogP contribution in [0.1, 0.15) is 22.7 Å². The summed E-state index contributed by atoms with van der Waals surface area (Å²) in [6, 6.07) is 12.1. The predicted octanol–water partition coefficient (Wildman–Crippen LogP) is 2.52. The normalized spacial score (nSPS) is 22.3. The number of benzene rings is 2. The summed E-state index contributed by atoms with van der Waals surface area (Å²) in [6.07, 6.45) is 0. The summed E-state index contributed by atoms with van der Waals surface area (Å²) >= 11 is 0. The molecular weight excluding hydrogens is 436 g/mol. The minimum absolute atomic E-state index is 0.0903. The Morgan fingerprint density at radius 2 is 1.65 bits per heavy atom. The van der Waals surface area contributed by atoms with Gasteiger partial charge >= 0.3 is 0 Å². The number of aryl methyl sites for hydroxylation is 1. The van der Waals surface area contributed by atoms with E-state index in [1.165, 1.54) is 0 Å². The number of hydrogen-bond donors (Lipinski definition) is 1. The van der Waals surface area contributed by atoms with E-state index >= 15 is 0 Å². The van der Waals surface area contributed by atoms with Gasteiger partial charge in [0, 0.05) is 31.7 Å². The maximum absolute atomic E-state index is 13.2. The van der Waals surface area contributed by atoms with Gasteiger partial charge in [0.25, 0.3) is 11.7 Å². The highest BCUT2D eigenvalue weighted by Crippen LogP contribution is 2.41. The fraction of sp³-hybridized carbons (Fsp3) is 0.385. The summed E-state index contributed by atoms with van der Waals surface area (Å²) in [7, 11) is 0. The molecule has 3 aliphatic rings. The van der Waals surface area contributed by atoms with E-state index in [-0.39, 0.29) is 11.3 Å². The molecule has 2 aromatic rings. The van der Waals surface area contributed by atoms with Crippen molar-refractivity contribution >= 4 is 17.4 Å². The highest BCUT2D eigenvalue weighted by molar-refractivity contribution is 6.46. The summed E-state index contributed by atoms with van der Waals surface area (Å²) in [6.45, 7) is 6.74. The van der Waals surface area contributed by atoms with Gasteiger partial charge in [-0.1, -0.05) is 29.8 Å². The average molecular weight is 465 g/mol. The number of ketones is 1. The van der Waals surface area contributed by atoms with E-state index in [1.54, 1.807) is 23.1 Å². The van der Waals surface area contributed by atoms with Crippen LogP contribution in [0.15, 0.2) is 48.0 Å². The highest BCUT2D eigenvalue weighted by atomic mass is 16.6. The van der Waals surface area contributed by atoms with Crippen LogP contribution in [0.2, 0.25) is 0 Å². The Morgan fingerprint density at radius 3 is 2.38 bits per heavy atom. The van der Waals surface area contributed by atoms with Crippen LogP contribution in [0.25, 0.3) is 5.76 Å². The van der Waals surface area contributed by atoms with Crippen molar-refractivity contribution < 1.29 is 28.9 Å². The molecule has 2 saturated heterocycles. The van der Waals surface area contributed by atoms with Crippen molar-refractivity contribution in [1.29, 1.82) is 0 Å². The number of likely N-dealkylation sites (tertiary alicyclic amines) is 1. The monoisotopic (exact) mass is 464 g/mol. The maximum Gasteiger partial charge on any atom is 0.295 e. The molecule has 0 unspecified atom stereocenters. The summed E-state index contributed by atoms with van der Waals surface area (Å²) in [4.78, 5) is 30.2. The number of aliphatic hydroxyl groups excluding tert-OH is 1. The van der Waals surface area contributed by atoms with Crippen molar-refractivity contribution in [1.82, 2.24) is 9.80 Å². The number of nitrogens with zero attached hydrogens (tertiary/aromatic N) is 2. The molecule has 0 aromatic heterocycles. The molecule has 0 spiro atoms. The molecule has 178 valence electrons. The lowest BCUT2D eigenvalue weighted by atomic mass is 9.94. The third-order valence-electron chi connectivity index (χ3n) is 6.51. The third-order valence-corrected chi connectivity index (χ3v) is 6.51. The molecule has 1 N–H and O–H groups in total. The molecule has 3 aliphatic heterocycles. The van der Waals surface area contributed by atoms with Crippen molar-refractivity contribution in [2.75, 3.05) is 52.6 Å². The molecule has 2 fully saturated rings. The second kappa shape index (κ2) is 9.48. The molecule has 3 heterocycles. The van der Waals surface area contributed by atoms with Crippen LogP contribution in [0.4, 0.5) is 0 Å². The van der Waals surface area contributed by atoms with Crippen LogP contribution in [0.3, 0.4) is 0 Å². The van der Waals surface area contributed by atoms with E-state index in [4.69, 9.17) is 14.2 Å². The number of fused-ring (bicyclic) bond motifs is 1. The van der Waals surface area contributed by atoms with Gasteiger partial charge in [-0.15, -0.1) is 0 Å². The first-order valence-electron chi connectivity index (χ1n) is 11.6. The summed E-state index contributed by atoms with van der Waals surface area (Å²) in [5.74, 6) is -0.403. The van der Waals surface area contributed by atoms with E-state index in [0.717, 1.165) is 24.2 Å². The van der Waals surface area contributed by atoms with Gasteiger partial charge in [-0.05, 0) is 30.7 Å². The number of morpholine rings is 1. The molecule has 0 bridgehead atoms. The molecular formula is C26H28N2O6. The summed E-state index contributed by atoms with van der Waals surface area (Å²) < 4.78 is 16.6. The second-order valence-corrected chi connectivity index (χ2v) is 8.72. The van der Waals surface area contributed by atoms with Crippen molar-refractivity contribution in [2.45, 2.75) is 13.0 Å². The van der Waals surface area contributed by atoms with E-state index in [9.17, 15) is 14.7 Å². The van der Waals surface area contributed by atoms with Gasteiger partial charge < -0.3 is 24.2 Å². The standard InChI is InChI=1S/C26H28N2O6/c1-17-2-4-18(5-3-17)23-22(24(29)19-6-7-20-21(16-19)34-15-14-33-20)25(30)26(31)28(23)9-8-27-10-12-32-13-11-27/h2-7,16,23,29H,8-15H2,1H3/t23-/m1/s1. The van der Waals surface area contributed by atoms with Gasteiger partial charge in [-0.2, -0.15) is 0 Å². The van der Waals surface area contributed by atoms with Crippen LogP contribution in [0, 0.1) is 6.92 Å². The zero-order chi connectivity index (χ0) is 23.7. The molecule has 1 amide bonds. The Kier molecular flexibility index (Phi) is 6.26. The lowest BCUT2D eigenvalue weighted by molar-refractivity contribution is -0.140. The fourth-order valence-electron chi connectivity index (χ4n) is 4.63. The van der Waals surface area contributed by atoms with E-state index in [1.807, 2.05) is 31.2 Å². The van der Waals surface area contributed by atoms with Gasteiger partial charge in [0.05, 0.1) is 24.8 Å². The largest absolute Gasteiger partial charge is 0.507 e. The SMILES string of the molecule is Cc1ccc([C@@H]2C(=C(O)c3ccc4c(c3)OCCO4)C(=O)C(=O)N2CCN2CCOCC2)cc1. The van der Waals surface area contributed by atoms with Crippen LogP contribution in [-0.4, -0.2) is 79.2 Å². The van der Waals surface area contributed by atoms with Gasteiger partial charge in [0.1, 0.15) is 19.0 Å². The smallest absolute Gasteiger partial charge is 0.295 e. The predicted molar refractivity (Wildman–Crippen MR) is 125 cm³/mol. The minimum atomic E-state index is -0.681. The summed E-state index contributed by atoms with van der Waals surface area (Å²) in [5, 5.41) is 11.3. The number of carbonyl (C=O) groups is 2. The van der Waals surface area contributed by atoms with Crippen LogP contribution in [-0.2, 0) is 14.3 Å². The van der Waals surface area contributed by atoms with Crippen molar-refractivity contribution in [3.63, 3.8) is 0 Å². The Bertz CT molecular complexity index is 1120. The molecule has 5 rings (SSSR count). The molecule has 1 atom stereocenters. The maximum atomic E-state index is 13.2. The number of ether oxygens (including phenoxy) is 3. The van der Waals surface area contributed by atoms with Crippen LogP contribution < -0.4 is 9.47 Å². The first-order valence-corrected chi connectivity index (χ1v) is 11.6. The van der Waals surface area contributed by atoms with Gasteiger partial charge in [0.15, 0.2) is 11.5 Å². The topological polar surface area (TPSA) is 88.5 Å². The molecule has 8 heteroatoms. The van der Waals surface area contributed by atoms with E-state index < -0.39 is 17.7 Å². The number of rotatable bonds is 5. The molecule has 8 nitrogen and oxygen atoms in total. The molecule has 0 aliphatic carbocycles. The second-order valence-electron chi connectivity index (χ2n) is 8.72. The van der Waals surface area contributed by atoms with Gasteiger partial charge in [-0.3, -0.25) is 14.5 Å². The number of amides is 1. The molecule has 0 saturated carbocycles. The van der Waals surface area contributed by atoms with Crippen molar-refractivity contribution in [3.8, 4) is 11.5 Å². The number of Topliss-reactive ketones (excluding diaryl/α,β-unsaturated/α-hetero) is 1. The number of carbonyl (C=O) groups excluding carboxylic acids is 2. The molecule has 2 aromatic carbocycles. The number of aliphatic hydroxyl groups is 1. The summed E-state index contributed by atoms with van der Waals surface area (Å²) in [5.41, 5.74) is 2.35. The zero-order valence-corrected chi connectivity index (χ0v) is 19.2. The Labute approximate surface area is 198 Å². The van der Waals surface area contributed by atoms with Gasteiger partial charge in [-0.25, -0.2) is 0 Å². The molecule has 34 heavy (non-hydrogen) atoms. The van der Waals surface area contributed by atoms with Crippen molar-refractivity contribution in [3.05, 3.63) is 64.7 Å². The van der Waals surface area contributed by atoms with Crippen molar-refractivity contribution in [2.24, 2.45) is 0 Å². The van der Waals surface area contributed by atoms with E-state index in [0.29, 0.717) is 56.6 Å². The van der Waals surface area contributed by atoms with Crippen LogP contribution in [0.5, 0.6) is 11.5 Å². The lowest BCUT2D eigenvalue weighted by Crippen LogP contribution is -2.42. The quantitative estimate of drug-likeness (QED) is 0.413. The van der Waals surface area contributed by atoms with E-state index in [2.05, 4.69) is 4.90 Å². The molecule has 0 radical (unpaired) electrons. The average Bonchev–Trinajstić information content (AvgIpc) is 3.12. The highest BCUT2D eigenvalue weighted by Gasteiger charge is 2.46. The lowest BCUT2D eigenvalue weighted by Gasteiger charge is -2.31. The third kappa shape index (κ3) is 4.26. The fourth-order valence-corrected chi connectivity index (χ4v) is 4.63. The number of hydrogen-bond acceptors (Lipinski definition) is 7. The zero-order valence-electron chi connectivity index (χ0n) is 19.2. The minimum Gasteiger partial charge on any atom is -0.507 e. The first-order chi connectivity index (χ1) is 16.5. The Morgan fingerprint density at radius 1 is 0.941 bits per heavy atom. The first kappa shape index (κ1) is 22.4. The Hall–Kier alpha value is -3.36. The van der Waals surface area contributed by atoms with Gasteiger partial charge in [0.2, 0.25) is 0 Å². The Balaban J connectivity index is 1.53. The van der Waals surface area contributed by atoms with Crippen LogP contribution >= 0.6 is 0 Å².